The fourth-order valence-corrected chi connectivity index (χ4v) is 6.98. The van der Waals surface area contributed by atoms with E-state index in [0.717, 1.165) is 49.7 Å². The average molecular weight is 603 g/mol. The van der Waals surface area contributed by atoms with E-state index in [2.05, 4.69) is 75.0 Å². The Labute approximate surface area is 267 Å². The van der Waals surface area contributed by atoms with Crippen molar-refractivity contribution in [3.63, 3.8) is 0 Å². The fourth-order valence-electron chi connectivity index (χ4n) is 6.98. The van der Waals surface area contributed by atoms with Crippen LogP contribution in [-0.2, 0) is 4.79 Å². The van der Waals surface area contributed by atoms with E-state index in [-0.39, 0.29) is 29.8 Å². The van der Waals surface area contributed by atoms with Gasteiger partial charge in [0.15, 0.2) is 0 Å². The first kappa shape index (κ1) is 31.0. The number of amides is 2. The second kappa shape index (κ2) is 15.3. The third-order valence-corrected chi connectivity index (χ3v) is 9.57. The summed E-state index contributed by atoms with van der Waals surface area (Å²) in [5.41, 5.74) is 3.13. The molecule has 2 aliphatic heterocycles. The number of carbonyl (C=O) groups is 2. The topological polar surface area (TPSA) is 64.7 Å². The molecule has 4 aromatic rings. The zero-order valence-corrected chi connectivity index (χ0v) is 26.2. The van der Waals surface area contributed by atoms with E-state index in [0.29, 0.717) is 25.2 Å². The minimum Gasteiger partial charge on any atom is -0.352 e. The number of fused-ring (bicyclic) bond motifs is 1. The lowest BCUT2D eigenvalue weighted by Crippen LogP contribution is -2.48. The number of carbonyl (C=O) groups excluding carboxylic acids is 2. The van der Waals surface area contributed by atoms with Crippen LogP contribution in [0.3, 0.4) is 0 Å². The van der Waals surface area contributed by atoms with E-state index in [1.165, 1.54) is 30.4 Å². The lowest BCUT2D eigenvalue weighted by Gasteiger charge is -2.31. The molecule has 6 rings (SSSR count). The van der Waals surface area contributed by atoms with Gasteiger partial charge in [-0.25, -0.2) is 0 Å². The van der Waals surface area contributed by atoms with Gasteiger partial charge in [-0.3, -0.25) is 9.59 Å². The van der Waals surface area contributed by atoms with Crippen molar-refractivity contribution in [3.05, 3.63) is 120 Å². The average Bonchev–Trinajstić information content (AvgIpc) is 3.24. The second-order valence-electron chi connectivity index (χ2n) is 12.7. The van der Waals surface area contributed by atoms with Crippen LogP contribution in [0, 0.1) is 0 Å². The molecule has 0 saturated carbocycles. The Kier molecular flexibility index (Phi) is 10.6. The third kappa shape index (κ3) is 8.19. The third-order valence-electron chi connectivity index (χ3n) is 9.57. The maximum absolute atomic E-state index is 14.2. The first-order valence-electron chi connectivity index (χ1n) is 16.8. The van der Waals surface area contributed by atoms with Crippen molar-refractivity contribution in [2.75, 3.05) is 39.3 Å². The van der Waals surface area contributed by atoms with Crippen LogP contribution in [0.5, 0.6) is 0 Å². The number of hydrogen-bond donors (Lipinski definition) is 2. The van der Waals surface area contributed by atoms with Gasteiger partial charge < -0.3 is 20.4 Å². The summed E-state index contributed by atoms with van der Waals surface area (Å²) in [6.07, 6.45) is 6.23. The minimum absolute atomic E-state index is 0.0534. The normalized spacial score (nSPS) is 19.5. The summed E-state index contributed by atoms with van der Waals surface area (Å²) in [6.45, 7) is 5.10. The molecule has 2 heterocycles. The fraction of sp³-hybridized carbons (Fsp3) is 0.385. The largest absolute Gasteiger partial charge is 0.352 e. The Hall–Kier alpha value is -4.00. The Morgan fingerprint density at radius 3 is 2.16 bits per heavy atom. The van der Waals surface area contributed by atoms with E-state index in [4.69, 9.17) is 0 Å². The van der Waals surface area contributed by atoms with Gasteiger partial charge in [-0.15, -0.1) is 0 Å². The van der Waals surface area contributed by atoms with E-state index in [9.17, 15) is 9.59 Å². The molecule has 0 spiro atoms. The Morgan fingerprint density at radius 2 is 1.44 bits per heavy atom. The van der Waals surface area contributed by atoms with Gasteiger partial charge in [-0.05, 0) is 79.2 Å². The van der Waals surface area contributed by atoms with Crippen molar-refractivity contribution in [1.29, 1.82) is 0 Å². The molecule has 0 aliphatic carbocycles. The molecule has 0 bridgehead atoms. The summed E-state index contributed by atoms with van der Waals surface area (Å²) in [5, 5.41) is 9.09. The molecule has 234 valence electrons. The highest BCUT2D eigenvalue weighted by Crippen LogP contribution is 2.27. The van der Waals surface area contributed by atoms with Gasteiger partial charge >= 0.3 is 0 Å². The summed E-state index contributed by atoms with van der Waals surface area (Å²) in [5.74, 6) is 0.255. The van der Waals surface area contributed by atoms with Crippen LogP contribution in [0.25, 0.3) is 10.8 Å². The van der Waals surface area contributed by atoms with E-state index in [1.807, 2.05) is 48.5 Å². The van der Waals surface area contributed by atoms with Crippen LogP contribution in [0.2, 0.25) is 0 Å². The molecule has 2 amide bonds. The number of nitrogens with one attached hydrogen (secondary N) is 2. The van der Waals surface area contributed by atoms with Crippen LogP contribution in [0.15, 0.2) is 103 Å². The number of benzene rings is 4. The first-order chi connectivity index (χ1) is 22.1. The lowest BCUT2D eigenvalue weighted by molar-refractivity contribution is -0.133. The number of nitrogens with zero attached hydrogens (tertiary/aromatic N) is 2. The van der Waals surface area contributed by atoms with Crippen molar-refractivity contribution >= 4 is 22.6 Å². The molecule has 2 saturated heterocycles. The monoisotopic (exact) mass is 602 g/mol. The zero-order valence-electron chi connectivity index (χ0n) is 26.2. The molecule has 6 nitrogen and oxygen atoms in total. The van der Waals surface area contributed by atoms with Crippen LogP contribution in [-0.4, -0.2) is 73.0 Å². The SMILES string of the molecule is O=C(NCC[C@H]1CCN(CC(c2ccccc2)c2ccccc2)C(=O)[C@@H](CCN2CCCCC2)N1)c1ccc2ccccc2c1. The molecule has 0 unspecified atom stereocenters. The smallest absolute Gasteiger partial charge is 0.251 e. The van der Waals surface area contributed by atoms with E-state index >= 15 is 0 Å². The van der Waals surface area contributed by atoms with Gasteiger partial charge in [-0.1, -0.05) is 97.4 Å². The van der Waals surface area contributed by atoms with Gasteiger partial charge in [-0.2, -0.15) is 0 Å². The number of hydrogen-bond acceptors (Lipinski definition) is 4. The maximum atomic E-state index is 14.2. The lowest BCUT2D eigenvalue weighted by atomic mass is 9.90. The van der Waals surface area contributed by atoms with Crippen LogP contribution in [0.1, 0.15) is 65.9 Å². The van der Waals surface area contributed by atoms with Gasteiger partial charge in [0.2, 0.25) is 5.91 Å². The van der Waals surface area contributed by atoms with E-state index < -0.39 is 0 Å². The molecule has 2 atom stereocenters. The van der Waals surface area contributed by atoms with Gasteiger partial charge in [0.1, 0.15) is 0 Å². The Bertz CT molecular complexity index is 1500. The summed E-state index contributed by atoms with van der Waals surface area (Å²) in [6, 6.07) is 35.0. The van der Waals surface area contributed by atoms with Crippen LogP contribution in [0.4, 0.5) is 0 Å². The second-order valence-corrected chi connectivity index (χ2v) is 12.7. The zero-order chi connectivity index (χ0) is 30.8. The first-order valence-corrected chi connectivity index (χ1v) is 16.8. The standard InChI is InChI=1S/C39H46N4O2/c44-38(34-19-18-30-12-8-9-17-33(30)28-34)40-23-20-35-21-27-43(39(45)37(41-35)22-26-42-24-10-3-11-25-42)29-36(31-13-4-1-5-14-31)32-15-6-2-7-16-32/h1-2,4-9,12-19,28,35-37,41H,3,10-11,20-27,29H2,(H,40,44)/t35-,37+/m0/s1. The number of likely N-dealkylation sites (tertiary alicyclic amines) is 1. The summed E-state index contributed by atoms with van der Waals surface area (Å²) in [7, 11) is 0. The van der Waals surface area contributed by atoms with Gasteiger partial charge in [0.05, 0.1) is 6.04 Å². The van der Waals surface area contributed by atoms with Gasteiger partial charge in [0.25, 0.3) is 5.91 Å². The molecule has 4 aromatic carbocycles. The van der Waals surface area contributed by atoms with Gasteiger partial charge in [0, 0.05) is 43.7 Å². The van der Waals surface area contributed by atoms with Crippen LogP contribution < -0.4 is 10.6 Å². The molecule has 6 heteroatoms. The number of piperidine rings is 1. The highest BCUT2D eigenvalue weighted by molar-refractivity contribution is 5.98. The van der Waals surface area contributed by atoms with Crippen molar-refractivity contribution in [2.45, 2.75) is 56.5 Å². The van der Waals surface area contributed by atoms with Crippen molar-refractivity contribution in [2.24, 2.45) is 0 Å². The summed E-state index contributed by atoms with van der Waals surface area (Å²) >= 11 is 0. The quantitative estimate of drug-likeness (QED) is 0.214. The van der Waals surface area contributed by atoms with Crippen molar-refractivity contribution < 1.29 is 9.59 Å². The van der Waals surface area contributed by atoms with Crippen molar-refractivity contribution in [1.82, 2.24) is 20.4 Å². The predicted octanol–water partition coefficient (Wildman–Crippen LogP) is 6.23. The molecule has 2 fully saturated rings. The molecule has 2 N–H and O–H groups in total. The molecular formula is C39H46N4O2. The highest BCUT2D eigenvalue weighted by atomic mass is 16.2. The van der Waals surface area contributed by atoms with Crippen LogP contribution >= 0.6 is 0 Å². The molecule has 0 radical (unpaired) electrons. The maximum Gasteiger partial charge on any atom is 0.251 e. The highest BCUT2D eigenvalue weighted by Gasteiger charge is 2.33. The molecular weight excluding hydrogens is 556 g/mol. The number of rotatable bonds is 11. The molecule has 0 aromatic heterocycles. The van der Waals surface area contributed by atoms with Crippen molar-refractivity contribution in [3.8, 4) is 0 Å². The molecule has 2 aliphatic rings. The Balaban J connectivity index is 1.14. The Morgan fingerprint density at radius 1 is 0.778 bits per heavy atom. The summed E-state index contributed by atoms with van der Waals surface area (Å²) < 4.78 is 0. The predicted molar refractivity (Wildman–Crippen MR) is 182 cm³/mol. The minimum atomic E-state index is -0.234. The molecule has 45 heavy (non-hydrogen) atoms. The van der Waals surface area contributed by atoms with E-state index in [1.54, 1.807) is 0 Å². The summed E-state index contributed by atoms with van der Waals surface area (Å²) in [4.78, 5) is 31.9.